The minimum atomic E-state index is -0.885. The molecule has 0 aliphatic carbocycles. The molecule has 7 heteroatoms. The molecule has 1 amide bonds. The number of nitrogens with zero attached hydrogens (tertiary/aromatic N) is 2. The Morgan fingerprint density at radius 3 is 2.43 bits per heavy atom. The first-order chi connectivity index (χ1) is 9.89. The fourth-order valence-electron chi connectivity index (χ4n) is 2.57. The van der Waals surface area contributed by atoms with Crippen LogP contribution in [0.2, 0.25) is 0 Å². The van der Waals surface area contributed by atoms with Gasteiger partial charge in [-0.3, -0.25) is 19.7 Å². The number of benzene rings is 1. The van der Waals surface area contributed by atoms with Crippen LogP contribution < -0.4 is 0 Å². The molecule has 0 spiro atoms. The number of aliphatic carboxylic acids is 1. The molecule has 2 rings (SSSR count). The number of non-ortho nitro benzene ring substituents is 1. The summed E-state index contributed by atoms with van der Waals surface area (Å²) in [4.78, 5) is 35.2. The van der Waals surface area contributed by atoms with Gasteiger partial charge < -0.3 is 10.0 Å². The topological polar surface area (TPSA) is 101 Å². The van der Waals surface area contributed by atoms with Crippen LogP contribution in [-0.4, -0.2) is 39.9 Å². The molecule has 1 unspecified atom stereocenters. The summed E-state index contributed by atoms with van der Waals surface area (Å²) >= 11 is 0. The maximum atomic E-state index is 12.3. The molecule has 1 fully saturated rings. The average molecular weight is 292 g/mol. The number of nitro groups is 1. The zero-order valence-electron chi connectivity index (χ0n) is 11.6. The summed E-state index contributed by atoms with van der Waals surface area (Å²) in [6.07, 6.45) is 0.893. The lowest BCUT2D eigenvalue weighted by molar-refractivity contribution is -0.384. The number of carboxylic acids is 1. The summed E-state index contributed by atoms with van der Waals surface area (Å²) in [6.45, 7) is 2.36. The lowest BCUT2D eigenvalue weighted by Gasteiger charge is -2.23. The van der Waals surface area contributed by atoms with Gasteiger partial charge in [0.2, 0.25) is 0 Å². The fourth-order valence-corrected chi connectivity index (χ4v) is 2.57. The van der Waals surface area contributed by atoms with Gasteiger partial charge >= 0.3 is 5.97 Å². The zero-order chi connectivity index (χ0) is 15.6. The van der Waals surface area contributed by atoms with Crippen molar-refractivity contribution in [1.29, 1.82) is 0 Å². The smallest absolute Gasteiger partial charge is 0.311 e. The van der Waals surface area contributed by atoms with Crippen LogP contribution in [0.4, 0.5) is 5.69 Å². The van der Waals surface area contributed by atoms with E-state index in [9.17, 15) is 24.8 Å². The molecule has 1 aliphatic heterocycles. The summed E-state index contributed by atoms with van der Waals surface area (Å²) in [6, 6.07) is 5.33. The number of nitro benzene ring substituents is 1. The standard InChI is InChI=1S/C14H16N2O5/c1-2-14(13(18)19)7-8-15(9-14)12(17)10-3-5-11(6-4-10)16(20)21/h3-6H,2,7-9H2,1H3,(H,18,19). The first kappa shape index (κ1) is 15.0. The van der Waals surface area contributed by atoms with Gasteiger partial charge in [-0.25, -0.2) is 0 Å². The van der Waals surface area contributed by atoms with E-state index in [1.807, 2.05) is 0 Å². The molecule has 0 aromatic heterocycles. The summed E-state index contributed by atoms with van der Waals surface area (Å²) in [5.74, 6) is -1.18. The van der Waals surface area contributed by atoms with E-state index in [4.69, 9.17) is 0 Å². The Bertz CT molecular complexity index is 584. The molecular formula is C14H16N2O5. The third-order valence-electron chi connectivity index (χ3n) is 4.10. The van der Waals surface area contributed by atoms with Crippen LogP contribution in [0, 0.1) is 15.5 Å². The molecule has 1 heterocycles. The van der Waals surface area contributed by atoms with E-state index in [0.717, 1.165) is 0 Å². The minimum absolute atomic E-state index is 0.0820. The van der Waals surface area contributed by atoms with Crippen molar-refractivity contribution in [3.63, 3.8) is 0 Å². The van der Waals surface area contributed by atoms with Gasteiger partial charge in [-0.1, -0.05) is 6.92 Å². The fraction of sp³-hybridized carbons (Fsp3) is 0.429. The van der Waals surface area contributed by atoms with Crippen molar-refractivity contribution in [2.24, 2.45) is 5.41 Å². The molecule has 1 aliphatic rings. The van der Waals surface area contributed by atoms with E-state index >= 15 is 0 Å². The van der Waals surface area contributed by atoms with Crippen molar-refractivity contribution in [3.05, 3.63) is 39.9 Å². The highest BCUT2D eigenvalue weighted by Crippen LogP contribution is 2.34. The molecule has 0 saturated carbocycles. The maximum Gasteiger partial charge on any atom is 0.311 e. The van der Waals surface area contributed by atoms with Gasteiger partial charge in [-0.15, -0.1) is 0 Å². The third kappa shape index (κ3) is 2.72. The Balaban J connectivity index is 2.14. The number of rotatable bonds is 4. The van der Waals surface area contributed by atoms with Crippen molar-refractivity contribution in [3.8, 4) is 0 Å². The Kier molecular flexibility index (Phi) is 3.93. The van der Waals surface area contributed by atoms with E-state index < -0.39 is 16.3 Å². The molecule has 0 radical (unpaired) electrons. The Morgan fingerprint density at radius 1 is 1.38 bits per heavy atom. The van der Waals surface area contributed by atoms with Crippen molar-refractivity contribution in [2.45, 2.75) is 19.8 Å². The van der Waals surface area contributed by atoms with Crippen LogP contribution >= 0.6 is 0 Å². The SMILES string of the molecule is CCC1(C(=O)O)CCN(C(=O)c2ccc([N+](=O)[O-])cc2)C1. The second-order valence-electron chi connectivity index (χ2n) is 5.22. The zero-order valence-corrected chi connectivity index (χ0v) is 11.6. The molecule has 21 heavy (non-hydrogen) atoms. The number of carboxylic acid groups (broad SMARTS) is 1. The number of hydrogen-bond acceptors (Lipinski definition) is 4. The largest absolute Gasteiger partial charge is 0.481 e. The second-order valence-corrected chi connectivity index (χ2v) is 5.22. The summed E-state index contributed by atoms with van der Waals surface area (Å²) < 4.78 is 0. The van der Waals surface area contributed by atoms with Gasteiger partial charge in [0.15, 0.2) is 0 Å². The van der Waals surface area contributed by atoms with Crippen LogP contribution in [-0.2, 0) is 4.79 Å². The Labute approximate surface area is 121 Å². The van der Waals surface area contributed by atoms with Crippen molar-refractivity contribution in [1.82, 2.24) is 4.90 Å². The number of carbonyl (C=O) groups is 2. The van der Waals surface area contributed by atoms with E-state index in [1.165, 1.54) is 29.2 Å². The lowest BCUT2D eigenvalue weighted by Crippen LogP contribution is -2.36. The molecule has 7 nitrogen and oxygen atoms in total. The quantitative estimate of drug-likeness (QED) is 0.675. The van der Waals surface area contributed by atoms with Gasteiger partial charge in [0, 0.05) is 30.8 Å². The average Bonchev–Trinajstić information content (AvgIpc) is 2.92. The van der Waals surface area contributed by atoms with Crippen LogP contribution in [0.25, 0.3) is 0 Å². The molecular weight excluding hydrogens is 276 g/mol. The molecule has 0 bridgehead atoms. The molecule has 1 saturated heterocycles. The molecule has 112 valence electrons. The highest BCUT2D eigenvalue weighted by molar-refractivity contribution is 5.95. The van der Waals surface area contributed by atoms with Gasteiger partial charge in [0.1, 0.15) is 0 Å². The van der Waals surface area contributed by atoms with E-state index in [-0.39, 0.29) is 18.1 Å². The lowest BCUT2D eigenvalue weighted by atomic mass is 9.84. The van der Waals surface area contributed by atoms with Crippen molar-refractivity contribution in [2.75, 3.05) is 13.1 Å². The number of hydrogen-bond donors (Lipinski definition) is 1. The van der Waals surface area contributed by atoms with Crippen molar-refractivity contribution >= 4 is 17.6 Å². The van der Waals surface area contributed by atoms with Gasteiger partial charge in [0.25, 0.3) is 11.6 Å². The maximum absolute atomic E-state index is 12.3. The number of likely N-dealkylation sites (tertiary alicyclic amines) is 1. The van der Waals surface area contributed by atoms with E-state index in [0.29, 0.717) is 24.9 Å². The molecule has 1 N–H and O–H groups in total. The normalized spacial score (nSPS) is 21.3. The summed E-state index contributed by atoms with van der Waals surface area (Å²) in [7, 11) is 0. The van der Waals surface area contributed by atoms with Crippen LogP contribution in [0.3, 0.4) is 0 Å². The second kappa shape index (κ2) is 5.51. The summed E-state index contributed by atoms with van der Waals surface area (Å²) in [5, 5.41) is 19.9. The molecule has 1 atom stereocenters. The highest BCUT2D eigenvalue weighted by atomic mass is 16.6. The first-order valence-electron chi connectivity index (χ1n) is 6.67. The predicted molar refractivity (Wildman–Crippen MR) is 74.0 cm³/mol. The monoisotopic (exact) mass is 292 g/mol. The van der Waals surface area contributed by atoms with E-state index in [2.05, 4.69) is 0 Å². The van der Waals surface area contributed by atoms with Crippen LogP contribution in [0.15, 0.2) is 24.3 Å². The third-order valence-corrected chi connectivity index (χ3v) is 4.10. The van der Waals surface area contributed by atoms with Gasteiger partial charge in [-0.2, -0.15) is 0 Å². The van der Waals surface area contributed by atoms with Gasteiger partial charge in [-0.05, 0) is 25.0 Å². The first-order valence-corrected chi connectivity index (χ1v) is 6.67. The molecule has 1 aromatic carbocycles. The Hall–Kier alpha value is -2.44. The number of carbonyl (C=O) groups excluding carboxylic acids is 1. The van der Waals surface area contributed by atoms with E-state index in [1.54, 1.807) is 6.92 Å². The molecule has 1 aromatic rings. The van der Waals surface area contributed by atoms with Crippen LogP contribution in [0.1, 0.15) is 30.1 Å². The van der Waals surface area contributed by atoms with Crippen LogP contribution in [0.5, 0.6) is 0 Å². The minimum Gasteiger partial charge on any atom is -0.481 e. The van der Waals surface area contributed by atoms with Gasteiger partial charge in [0.05, 0.1) is 10.3 Å². The summed E-state index contributed by atoms with van der Waals surface area (Å²) in [5.41, 5.74) is -0.629. The highest BCUT2D eigenvalue weighted by Gasteiger charge is 2.44. The predicted octanol–water partition coefficient (Wildman–Crippen LogP) is 1.92. The Morgan fingerprint density at radius 2 is 2.00 bits per heavy atom. The number of amides is 1. The van der Waals surface area contributed by atoms with Crippen molar-refractivity contribution < 1.29 is 19.6 Å².